The fourth-order valence-electron chi connectivity index (χ4n) is 3.81. The van der Waals surface area contributed by atoms with Gasteiger partial charge in [-0.15, -0.1) is 0 Å². The maximum atomic E-state index is 13.4. The van der Waals surface area contributed by atoms with Crippen molar-refractivity contribution in [2.75, 3.05) is 5.32 Å². The molecule has 0 fully saturated rings. The minimum Gasteiger partial charge on any atom is -0.458 e. The first kappa shape index (κ1) is 25.0. The Morgan fingerprint density at radius 3 is 2.71 bits per heavy atom. The number of nitrogens with one attached hydrogen (secondary N) is 1. The van der Waals surface area contributed by atoms with Gasteiger partial charge in [-0.3, -0.25) is 14.6 Å². The van der Waals surface area contributed by atoms with Crippen LogP contribution in [0.3, 0.4) is 0 Å². The van der Waals surface area contributed by atoms with Gasteiger partial charge in [-0.05, 0) is 50.8 Å². The molecule has 0 unspecified atom stereocenters. The molecule has 0 radical (unpaired) electrons. The Morgan fingerprint density at radius 2 is 2.00 bits per heavy atom. The van der Waals surface area contributed by atoms with Gasteiger partial charge in [0.25, 0.3) is 0 Å². The number of alkyl halides is 3. The number of pyridine rings is 2. The molecule has 7 nitrogen and oxygen atoms in total. The van der Waals surface area contributed by atoms with Gasteiger partial charge in [0.15, 0.2) is 0 Å². The molecule has 35 heavy (non-hydrogen) atoms. The van der Waals surface area contributed by atoms with Crippen LogP contribution in [0.15, 0.2) is 24.4 Å². The number of carbonyl (C=O) groups is 2. The lowest BCUT2D eigenvalue weighted by molar-refractivity contribution is -0.181. The Kier molecular flexibility index (Phi) is 6.81. The van der Waals surface area contributed by atoms with Crippen molar-refractivity contribution in [2.24, 2.45) is 5.92 Å². The van der Waals surface area contributed by atoms with Crippen LogP contribution in [-0.4, -0.2) is 33.0 Å². The Balaban J connectivity index is 1.42. The highest BCUT2D eigenvalue weighted by molar-refractivity contribution is 7.18. The number of fused-ring (bicyclic) bond motifs is 2. The van der Waals surface area contributed by atoms with Crippen LogP contribution in [0.25, 0.3) is 10.3 Å². The number of aryl methyl sites for hydroxylation is 1. The molecule has 0 saturated heterocycles. The van der Waals surface area contributed by atoms with Crippen LogP contribution < -0.4 is 5.32 Å². The van der Waals surface area contributed by atoms with E-state index in [2.05, 4.69) is 20.3 Å². The number of hydrogen-bond acceptors (Lipinski definition) is 7. The quantitative estimate of drug-likeness (QED) is 0.466. The normalized spacial score (nSPS) is 16.1. The van der Waals surface area contributed by atoms with Gasteiger partial charge >= 0.3 is 12.1 Å². The summed E-state index contributed by atoms with van der Waals surface area (Å²) in [4.78, 5) is 38.0. The van der Waals surface area contributed by atoms with Crippen LogP contribution in [0, 0.1) is 5.92 Å². The average molecular weight is 507 g/mol. The molecule has 0 aromatic carbocycles. The minimum absolute atomic E-state index is 0.0156. The summed E-state index contributed by atoms with van der Waals surface area (Å²) in [5.41, 5.74) is 0.431. The number of hydrogen-bond donors (Lipinski definition) is 1. The van der Waals surface area contributed by atoms with E-state index < -0.39 is 11.6 Å². The summed E-state index contributed by atoms with van der Waals surface area (Å²) in [5, 5.41) is 3.48. The number of anilines is 1. The SMILES string of the molecule is CCC(=O)OCc1nc2cc(NC(=O)[C@H]3CCc4nc(C(C)(C)C(F)(F)F)ccc4C3)cnc2s1. The van der Waals surface area contributed by atoms with Crippen molar-refractivity contribution >= 4 is 39.2 Å². The van der Waals surface area contributed by atoms with Gasteiger partial charge in [0.05, 0.1) is 17.6 Å². The van der Waals surface area contributed by atoms with Crippen LogP contribution in [0.2, 0.25) is 0 Å². The topological polar surface area (TPSA) is 94.1 Å². The second-order valence-electron chi connectivity index (χ2n) is 9.02. The summed E-state index contributed by atoms with van der Waals surface area (Å²) in [7, 11) is 0. The number of esters is 1. The van der Waals surface area contributed by atoms with Crippen molar-refractivity contribution < 1.29 is 27.5 Å². The van der Waals surface area contributed by atoms with E-state index in [-0.39, 0.29) is 36.5 Å². The van der Waals surface area contributed by atoms with Crippen LogP contribution in [0.5, 0.6) is 0 Å². The van der Waals surface area contributed by atoms with Gasteiger partial charge in [-0.1, -0.05) is 24.3 Å². The zero-order chi connectivity index (χ0) is 25.4. The molecule has 0 saturated carbocycles. The van der Waals surface area contributed by atoms with E-state index in [1.807, 2.05) is 0 Å². The molecule has 0 aliphatic heterocycles. The molecule has 3 aromatic heterocycles. The number of thiazole rings is 1. The van der Waals surface area contributed by atoms with Gasteiger partial charge in [-0.2, -0.15) is 13.2 Å². The van der Waals surface area contributed by atoms with Crippen LogP contribution >= 0.6 is 11.3 Å². The first-order valence-electron chi connectivity index (χ1n) is 11.3. The van der Waals surface area contributed by atoms with Gasteiger partial charge in [-0.25, -0.2) is 9.97 Å². The van der Waals surface area contributed by atoms with E-state index in [1.54, 1.807) is 25.3 Å². The first-order chi connectivity index (χ1) is 16.5. The van der Waals surface area contributed by atoms with Crippen molar-refractivity contribution in [1.29, 1.82) is 0 Å². The molecule has 1 amide bonds. The van der Waals surface area contributed by atoms with E-state index >= 15 is 0 Å². The zero-order valence-corrected chi connectivity index (χ0v) is 20.3. The predicted molar refractivity (Wildman–Crippen MR) is 125 cm³/mol. The standard InChI is InChI=1S/C24H25F3N4O3S/c1-4-20(32)34-12-19-31-17-10-15(11-28-22(17)35-19)29-21(33)14-5-7-16-13(9-14)6-8-18(30-16)23(2,3)24(25,26)27/h6,8,10-11,14H,4-5,7,9,12H2,1-3H3,(H,29,33)/t14-/m0/s1. The van der Waals surface area contributed by atoms with Crippen molar-refractivity contribution in [1.82, 2.24) is 15.0 Å². The smallest absolute Gasteiger partial charge is 0.399 e. The summed E-state index contributed by atoms with van der Waals surface area (Å²) < 4.78 is 45.3. The molecule has 0 spiro atoms. The number of ether oxygens (including phenoxy) is 1. The molecule has 3 heterocycles. The summed E-state index contributed by atoms with van der Waals surface area (Å²) in [6, 6.07) is 4.77. The molecule has 1 aliphatic rings. The molecule has 0 bridgehead atoms. The third kappa shape index (κ3) is 5.29. The van der Waals surface area contributed by atoms with Gasteiger partial charge < -0.3 is 10.1 Å². The molecular formula is C24H25F3N4O3S. The van der Waals surface area contributed by atoms with E-state index in [0.717, 1.165) is 19.4 Å². The Morgan fingerprint density at radius 1 is 1.23 bits per heavy atom. The van der Waals surface area contributed by atoms with Crippen molar-refractivity contribution in [3.63, 3.8) is 0 Å². The number of rotatable bonds is 6. The third-order valence-corrected chi connectivity index (χ3v) is 7.14. The molecule has 3 aromatic rings. The minimum atomic E-state index is -4.40. The van der Waals surface area contributed by atoms with Crippen LogP contribution in [0.4, 0.5) is 18.9 Å². The number of nitrogens with zero attached hydrogens (tertiary/aromatic N) is 3. The molecule has 186 valence electrons. The lowest BCUT2D eigenvalue weighted by atomic mass is 9.83. The lowest BCUT2D eigenvalue weighted by Crippen LogP contribution is -2.38. The van der Waals surface area contributed by atoms with E-state index in [1.165, 1.54) is 17.4 Å². The van der Waals surface area contributed by atoms with Crippen LogP contribution in [-0.2, 0) is 39.2 Å². The molecule has 1 aliphatic carbocycles. The summed E-state index contributed by atoms with van der Waals surface area (Å²) in [6.45, 7) is 4.03. The third-order valence-electron chi connectivity index (χ3n) is 6.19. The highest BCUT2D eigenvalue weighted by Gasteiger charge is 2.49. The van der Waals surface area contributed by atoms with Crippen molar-refractivity contribution in [3.8, 4) is 0 Å². The number of amides is 1. The Bertz CT molecular complexity index is 1270. The summed E-state index contributed by atoms with van der Waals surface area (Å²) in [6.07, 6.45) is -1.25. The fourth-order valence-corrected chi connectivity index (χ4v) is 4.61. The highest BCUT2D eigenvalue weighted by atomic mass is 32.1. The largest absolute Gasteiger partial charge is 0.458 e. The maximum Gasteiger partial charge on any atom is 0.399 e. The van der Waals surface area contributed by atoms with Crippen LogP contribution in [0.1, 0.15) is 55.6 Å². The maximum absolute atomic E-state index is 13.4. The highest BCUT2D eigenvalue weighted by Crippen LogP contribution is 2.40. The summed E-state index contributed by atoms with van der Waals surface area (Å²) >= 11 is 1.31. The van der Waals surface area contributed by atoms with Gasteiger partial charge in [0.2, 0.25) is 5.91 Å². The van der Waals surface area contributed by atoms with Gasteiger partial charge in [0.1, 0.15) is 27.4 Å². The monoisotopic (exact) mass is 506 g/mol. The second-order valence-corrected chi connectivity index (χ2v) is 10.1. The van der Waals surface area contributed by atoms with Crippen molar-refractivity contribution in [2.45, 2.75) is 64.7 Å². The lowest BCUT2D eigenvalue weighted by Gasteiger charge is -2.29. The molecule has 11 heteroatoms. The van der Waals surface area contributed by atoms with Crippen molar-refractivity contribution in [3.05, 3.63) is 46.4 Å². The molecule has 4 rings (SSSR count). The summed E-state index contributed by atoms with van der Waals surface area (Å²) in [5.74, 6) is -0.834. The molecule has 1 atom stereocenters. The Labute approximate surface area is 204 Å². The fraction of sp³-hybridized carbons (Fsp3) is 0.458. The zero-order valence-electron chi connectivity index (χ0n) is 19.5. The number of carbonyl (C=O) groups excluding carboxylic acids is 2. The molecular weight excluding hydrogens is 481 g/mol. The first-order valence-corrected chi connectivity index (χ1v) is 12.1. The molecule has 1 N–H and O–H groups in total. The second kappa shape index (κ2) is 9.52. The van der Waals surface area contributed by atoms with Gasteiger partial charge in [0, 0.05) is 18.0 Å². The number of halogens is 3. The van der Waals surface area contributed by atoms with E-state index in [9.17, 15) is 22.8 Å². The predicted octanol–water partition coefficient (Wildman–Crippen LogP) is 5.12. The average Bonchev–Trinajstić information content (AvgIpc) is 3.23. The Hall–Kier alpha value is -3.08. The van der Waals surface area contributed by atoms with E-state index in [0.29, 0.717) is 46.0 Å². The van der Waals surface area contributed by atoms with E-state index in [4.69, 9.17) is 4.74 Å². The number of aromatic nitrogens is 3.